The topological polar surface area (TPSA) is 46.5 Å². The monoisotopic (exact) mass is 212 g/mol. The number of carboxylic acid groups (broad SMARTS) is 1. The molecule has 0 amide bonds. The van der Waals surface area contributed by atoms with Crippen LogP contribution in [0.15, 0.2) is 12.1 Å². The van der Waals surface area contributed by atoms with Crippen molar-refractivity contribution >= 4 is 5.97 Å². The number of benzene rings is 1. The lowest BCUT2D eigenvalue weighted by molar-refractivity contribution is -0.136. The summed E-state index contributed by atoms with van der Waals surface area (Å²) >= 11 is 0. The Morgan fingerprint density at radius 3 is 2.73 bits per heavy atom. The van der Waals surface area contributed by atoms with Crippen LogP contribution in [0.1, 0.15) is 17.5 Å². The van der Waals surface area contributed by atoms with Gasteiger partial charge in [-0.1, -0.05) is 6.07 Å². The molecule has 0 saturated carbocycles. The molecular formula is C11H13FO3. The van der Waals surface area contributed by atoms with Gasteiger partial charge in [0.25, 0.3) is 0 Å². The summed E-state index contributed by atoms with van der Waals surface area (Å²) in [5.41, 5.74) is 1.47. The van der Waals surface area contributed by atoms with Crippen LogP contribution in [0.3, 0.4) is 0 Å². The Hall–Kier alpha value is -1.58. The van der Waals surface area contributed by atoms with Gasteiger partial charge in [0.2, 0.25) is 0 Å². The molecule has 0 aliphatic carbocycles. The molecule has 0 saturated heterocycles. The third-order valence-corrected chi connectivity index (χ3v) is 2.24. The molecular weight excluding hydrogens is 199 g/mol. The molecule has 0 aliphatic heterocycles. The largest absolute Gasteiger partial charge is 0.493 e. The highest BCUT2D eigenvalue weighted by atomic mass is 19.1. The maximum absolute atomic E-state index is 13.3. The molecule has 0 bridgehead atoms. The molecule has 0 spiro atoms. The fourth-order valence-corrected chi connectivity index (χ4v) is 1.46. The molecule has 0 unspecified atom stereocenters. The van der Waals surface area contributed by atoms with E-state index >= 15 is 0 Å². The first-order valence-electron chi connectivity index (χ1n) is 4.60. The molecule has 15 heavy (non-hydrogen) atoms. The number of carboxylic acids is 1. The second kappa shape index (κ2) is 4.77. The van der Waals surface area contributed by atoms with Gasteiger partial charge in [0.05, 0.1) is 7.11 Å². The summed E-state index contributed by atoms with van der Waals surface area (Å²) in [6.45, 7) is 1.80. The maximum Gasteiger partial charge on any atom is 0.303 e. The lowest BCUT2D eigenvalue weighted by Crippen LogP contribution is -2.03. The van der Waals surface area contributed by atoms with E-state index < -0.39 is 11.8 Å². The minimum absolute atomic E-state index is 0.0271. The molecule has 4 heteroatoms. The molecule has 0 fully saturated rings. The van der Waals surface area contributed by atoms with Gasteiger partial charge in [-0.2, -0.15) is 0 Å². The summed E-state index contributed by atoms with van der Waals surface area (Å²) in [6, 6.07) is 2.94. The first kappa shape index (κ1) is 11.5. The van der Waals surface area contributed by atoms with Gasteiger partial charge in [0.15, 0.2) is 11.6 Å². The van der Waals surface area contributed by atoms with Gasteiger partial charge in [-0.15, -0.1) is 0 Å². The van der Waals surface area contributed by atoms with Crippen molar-refractivity contribution in [3.8, 4) is 5.75 Å². The average molecular weight is 212 g/mol. The number of ether oxygens (including phenoxy) is 1. The zero-order chi connectivity index (χ0) is 11.4. The zero-order valence-corrected chi connectivity index (χ0v) is 8.71. The van der Waals surface area contributed by atoms with E-state index in [1.165, 1.54) is 13.2 Å². The molecule has 1 N–H and O–H groups in total. The van der Waals surface area contributed by atoms with E-state index in [-0.39, 0.29) is 18.6 Å². The van der Waals surface area contributed by atoms with Crippen molar-refractivity contribution < 1.29 is 19.0 Å². The van der Waals surface area contributed by atoms with E-state index in [1.807, 2.05) is 0 Å². The SMILES string of the molecule is COc1c(F)ccc(C)c1CCC(=O)O. The van der Waals surface area contributed by atoms with Crippen LogP contribution in [-0.4, -0.2) is 18.2 Å². The summed E-state index contributed by atoms with van der Waals surface area (Å²) in [4.78, 5) is 10.4. The minimum atomic E-state index is -0.902. The van der Waals surface area contributed by atoms with Crippen LogP contribution >= 0.6 is 0 Å². The van der Waals surface area contributed by atoms with Crippen molar-refractivity contribution in [3.63, 3.8) is 0 Å². The van der Waals surface area contributed by atoms with Crippen molar-refractivity contribution in [1.29, 1.82) is 0 Å². The number of methoxy groups -OCH3 is 1. The Balaban J connectivity index is 3.02. The Morgan fingerprint density at radius 2 is 2.20 bits per heavy atom. The van der Waals surface area contributed by atoms with Crippen LogP contribution in [0.4, 0.5) is 4.39 Å². The Morgan fingerprint density at radius 1 is 1.53 bits per heavy atom. The fraction of sp³-hybridized carbons (Fsp3) is 0.364. The number of halogens is 1. The van der Waals surface area contributed by atoms with Crippen LogP contribution < -0.4 is 4.74 Å². The molecule has 1 rings (SSSR count). The fourth-order valence-electron chi connectivity index (χ4n) is 1.46. The van der Waals surface area contributed by atoms with Crippen molar-refractivity contribution in [2.75, 3.05) is 7.11 Å². The van der Waals surface area contributed by atoms with Gasteiger partial charge in [-0.05, 0) is 25.0 Å². The molecule has 1 aromatic rings. The third-order valence-electron chi connectivity index (χ3n) is 2.24. The Labute approximate surface area is 87.5 Å². The normalized spacial score (nSPS) is 10.1. The summed E-state index contributed by atoms with van der Waals surface area (Å²) < 4.78 is 18.2. The molecule has 1 aromatic carbocycles. The molecule has 0 radical (unpaired) electrons. The summed E-state index contributed by atoms with van der Waals surface area (Å²) in [6.07, 6.45) is 0.253. The summed E-state index contributed by atoms with van der Waals surface area (Å²) in [7, 11) is 1.38. The highest BCUT2D eigenvalue weighted by molar-refractivity contribution is 5.67. The van der Waals surface area contributed by atoms with E-state index in [4.69, 9.17) is 9.84 Å². The second-order valence-corrected chi connectivity index (χ2v) is 3.27. The average Bonchev–Trinajstić information content (AvgIpc) is 2.19. The lowest BCUT2D eigenvalue weighted by atomic mass is 10.0. The predicted molar refractivity (Wildman–Crippen MR) is 53.6 cm³/mol. The predicted octanol–water partition coefficient (Wildman–Crippen LogP) is 2.16. The van der Waals surface area contributed by atoms with Crippen LogP contribution in [0.25, 0.3) is 0 Å². The highest BCUT2D eigenvalue weighted by Crippen LogP contribution is 2.26. The summed E-state index contributed by atoms with van der Waals surface area (Å²) in [5, 5.41) is 8.56. The van der Waals surface area contributed by atoms with E-state index in [0.29, 0.717) is 5.56 Å². The molecule has 0 atom stereocenters. The number of hydrogen-bond donors (Lipinski definition) is 1. The van der Waals surface area contributed by atoms with Crippen LogP contribution in [0, 0.1) is 12.7 Å². The van der Waals surface area contributed by atoms with Gasteiger partial charge >= 0.3 is 5.97 Å². The second-order valence-electron chi connectivity index (χ2n) is 3.27. The van der Waals surface area contributed by atoms with Gasteiger partial charge in [-0.25, -0.2) is 4.39 Å². The number of carbonyl (C=O) groups is 1. The first-order valence-corrected chi connectivity index (χ1v) is 4.60. The zero-order valence-electron chi connectivity index (χ0n) is 8.71. The number of rotatable bonds is 4. The van der Waals surface area contributed by atoms with Crippen molar-refractivity contribution in [2.45, 2.75) is 19.8 Å². The molecule has 0 aromatic heterocycles. The summed E-state index contributed by atoms with van der Waals surface area (Å²) in [5.74, 6) is -1.21. The highest BCUT2D eigenvalue weighted by Gasteiger charge is 2.12. The number of aliphatic carboxylic acids is 1. The Kier molecular flexibility index (Phi) is 3.66. The van der Waals surface area contributed by atoms with Crippen LogP contribution in [0.2, 0.25) is 0 Å². The van der Waals surface area contributed by atoms with E-state index in [9.17, 15) is 9.18 Å². The van der Waals surface area contributed by atoms with E-state index in [0.717, 1.165) is 5.56 Å². The van der Waals surface area contributed by atoms with Gasteiger partial charge in [0, 0.05) is 12.0 Å². The quantitative estimate of drug-likeness (QED) is 0.831. The first-order chi connectivity index (χ1) is 7.06. The smallest absolute Gasteiger partial charge is 0.303 e. The molecule has 0 heterocycles. The van der Waals surface area contributed by atoms with Crippen LogP contribution in [0.5, 0.6) is 5.75 Å². The van der Waals surface area contributed by atoms with Gasteiger partial charge in [-0.3, -0.25) is 4.79 Å². The standard InChI is InChI=1S/C11H13FO3/c1-7-3-5-9(12)11(15-2)8(7)4-6-10(13)14/h3,5H,4,6H2,1-2H3,(H,13,14). The van der Waals surface area contributed by atoms with Crippen molar-refractivity contribution in [3.05, 3.63) is 29.1 Å². The molecule has 82 valence electrons. The van der Waals surface area contributed by atoms with Crippen molar-refractivity contribution in [2.24, 2.45) is 0 Å². The minimum Gasteiger partial charge on any atom is -0.493 e. The number of hydrogen-bond acceptors (Lipinski definition) is 2. The van der Waals surface area contributed by atoms with Crippen molar-refractivity contribution in [1.82, 2.24) is 0 Å². The van der Waals surface area contributed by atoms with Crippen LogP contribution in [-0.2, 0) is 11.2 Å². The molecule has 3 nitrogen and oxygen atoms in total. The maximum atomic E-state index is 13.3. The van der Waals surface area contributed by atoms with Gasteiger partial charge in [0.1, 0.15) is 0 Å². The lowest BCUT2D eigenvalue weighted by Gasteiger charge is -2.11. The number of aryl methyl sites for hydroxylation is 1. The Bertz CT molecular complexity index is 374. The molecule has 0 aliphatic rings. The van der Waals surface area contributed by atoms with E-state index in [2.05, 4.69) is 0 Å². The van der Waals surface area contributed by atoms with Gasteiger partial charge < -0.3 is 9.84 Å². The van der Waals surface area contributed by atoms with E-state index in [1.54, 1.807) is 13.0 Å². The third kappa shape index (κ3) is 2.68.